The molecule has 1 aliphatic heterocycles. The molecule has 3 aromatic rings. The molecule has 0 unspecified atom stereocenters. The van der Waals surface area contributed by atoms with Crippen molar-refractivity contribution in [2.75, 3.05) is 13.1 Å². The smallest absolute Gasteiger partial charge is 0.408 e. The zero-order valence-corrected chi connectivity index (χ0v) is 15.2. The van der Waals surface area contributed by atoms with E-state index in [2.05, 4.69) is 4.98 Å². The van der Waals surface area contributed by atoms with Crippen LogP contribution in [0.3, 0.4) is 0 Å². The molecule has 1 fully saturated rings. The number of hydrogen-bond donors (Lipinski definition) is 0. The Morgan fingerprint density at radius 1 is 1.28 bits per heavy atom. The Hall–Kier alpha value is -1.97. The second-order valence-corrected chi connectivity index (χ2v) is 8.97. The van der Waals surface area contributed by atoms with Gasteiger partial charge < -0.3 is 4.42 Å². The van der Waals surface area contributed by atoms with Crippen LogP contribution in [0.1, 0.15) is 23.8 Å². The van der Waals surface area contributed by atoms with Gasteiger partial charge in [-0.3, -0.25) is 4.57 Å². The van der Waals surface area contributed by atoms with Crippen LogP contribution in [-0.2, 0) is 17.1 Å². The standard InChI is InChI=1S/C16H17N3O4S2/c1-18-13-3-2-12(10-14(13)23-16(18)20)25(21,22)19-7-4-11(5-8-19)15-17-6-9-24-15/h2-3,6,9-11H,4-5,7-8H2,1H3. The largest absolute Gasteiger partial charge is 0.419 e. The molecule has 0 spiro atoms. The van der Waals surface area contributed by atoms with Gasteiger partial charge in [0.05, 0.1) is 15.4 Å². The lowest BCUT2D eigenvalue weighted by atomic mass is 9.99. The Morgan fingerprint density at radius 2 is 2.04 bits per heavy atom. The van der Waals surface area contributed by atoms with E-state index in [9.17, 15) is 13.2 Å². The average molecular weight is 379 g/mol. The van der Waals surface area contributed by atoms with Gasteiger partial charge in [-0.15, -0.1) is 11.3 Å². The molecule has 9 heteroatoms. The number of sulfonamides is 1. The molecule has 132 valence electrons. The molecule has 0 saturated carbocycles. The zero-order valence-electron chi connectivity index (χ0n) is 13.6. The highest BCUT2D eigenvalue weighted by Crippen LogP contribution is 2.32. The van der Waals surface area contributed by atoms with E-state index >= 15 is 0 Å². The van der Waals surface area contributed by atoms with Crippen LogP contribution >= 0.6 is 11.3 Å². The molecule has 0 radical (unpaired) electrons. The van der Waals surface area contributed by atoms with Crippen LogP contribution in [-0.4, -0.2) is 35.4 Å². The predicted octanol–water partition coefficient (Wildman–Crippen LogP) is 2.16. The van der Waals surface area contributed by atoms with E-state index in [1.165, 1.54) is 21.0 Å². The summed E-state index contributed by atoms with van der Waals surface area (Å²) in [6.07, 6.45) is 3.30. The van der Waals surface area contributed by atoms with E-state index in [-0.39, 0.29) is 10.5 Å². The summed E-state index contributed by atoms with van der Waals surface area (Å²) in [6, 6.07) is 4.56. The Labute approximate surface area is 148 Å². The summed E-state index contributed by atoms with van der Waals surface area (Å²) in [4.78, 5) is 16.1. The molecule has 25 heavy (non-hydrogen) atoms. The van der Waals surface area contributed by atoms with Crippen LogP contribution in [0.15, 0.2) is 43.9 Å². The highest BCUT2D eigenvalue weighted by atomic mass is 32.2. The van der Waals surface area contributed by atoms with Crippen molar-refractivity contribution >= 4 is 32.5 Å². The van der Waals surface area contributed by atoms with Crippen LogP contribution in [0.4, 0.5) is 0 Å². The van der Waals surface area contributed by atoms with Gasteiger partial charge in [-0.1, -0.05) is 0 Å². The summed E-state index contributed by atoms with van der Waals surface area (Å²) in [5.41, 5.74) is 0.859. The molecule has 0 atom stereocenters. The number of oxazole rings is 1. The third-order valence-electron chi connectivity index (χ3n) is 4.66. The fourth-order valence-corrected chi connectivity index (χ4v) is 5.50. The Morgan fingerprint density at radius 3 is 2.72 bits per heavy atom. The molecular weight excluding hydrogens is 362 g/mol. The summed E-state index contributed by atoms with van der Waals surface area (Å²) in [7, 11) is -2.02. The molecule has 0 N–H and O–H groups in total. The number of fused-ring (bicyclic) bond motifs is 1. The van der Waals surface area contributed by atoms with E-state index < -0.39 is 15.8 Å². The fourth-order valence-electron chi connectivity index (χ4n) is 3.20. The van der Waals surface area contributed by atoms with E-state index in [1.807, 2.05) is 5.38 Å². The number of nitrogens with zero attached hydrogens (tertiary/aromatic N) is 3. The second kappa shape index (κ2) is 6.08. The fraction of sp³-hybridized carbons (Fsp3) is 0.375. The van der Waals surface area contributed by atoms with E-state index in [1.54, 1.807) is 30.6 Å². The summed E-state index contributed by atoms with van der Waals surface area (Å²) in [5.74, 6) is -0.185. The monoisotopic (exact) mass is 379 g/mol. The van der Waals surface area contributed by atoms with E-state index in [0.29, 0.717) is 24.5 Å². The third-order valence-corrected chi connectivity index (χ3v) is 7.49. The van der Waals surface area contributed by atoms with Crippen molar-refractivity contribution in [3.63, 3.8) is 0 Å². The van der Waals surface area contributed by atoms with Crippen LogP contribution in [0, 0.1) is 0 Å². The molecular formula is C16H17N3O4S2. The van der Waals surface area contributed by atoms with Gasteiger partial charge in [-0.05, 0) is 25.0 Å². The third kappa shape index (κ3) is 2.82. The van der Waals surface area contributed by atoms with Gasteiger partial charge >= 0.3 is 5.76 Å². The number of thiazole rings is 1. The SMILES string of the molecule is Cn1c(=O)oc2cc(S(=O)(=O)N3CCC(c4nccs4)CC3)ccc21. The lowest BCUT2D eigenvalue weighted by molar-refractivity contribution is 0.319. The number of aromatic nitrogens is 2. The molecule has 1 aliphatic rings. The van der Waals surface area contributed by atoms with Crippen molar-refractivity contribution < 1.29 is 12.8 Å². The summed E-state index contributed by atoms with van der Waals surface area (Å²) < 4.78 is 33.8. The summed E-state index contributed by atoms with van der Waals surface area (Å²) in [6.45, 7) is 0.923. The number of rotatable bonds is 3. The topological polar surface area (TPSA) is 85.4 Å². The maximum atomic E-state index is 12.9. The molecule has 4 rings (SSSR count). The number of benzene rings is 1. The molecule has 3 heterocycles. The van der Waals surface area contributed by atoms with Gasteiger partial charge in [0.25, 0.3) is 0 Å². The number of hydrogen-bond acceptors (Lipinski definition) is 6. The summed E-state index contributed by atoms with van der Waals surface area (Å²) >= 11 is 1.62. The first-order chi connectivity index (χ1) is 12.0. The number of aryl methyl sites for hydroxylation is 1. The quantitative estimate of drug-likeness (QED) is 0.696. The van der Waals surface area contributed by atoms with Gasteiger partial charge in [0.1, 0.15) is 0 Å². The lowest BCUT2D eigenvalue weighted by Gasteiger charge is -2.30. The maximum Gasteiger partial charge on any atom is 0.419 e. The van der Waals surface area contributed by atoms with Crippen molar-refractivity contribution in [1.29, 1.82) is 0 Å². The first-order valence-corrected chi connectivity index (χ1v) is 10.3. The van der Waals surface area contributed by atoms with Crippen LogP contribution < -0.4 is 5.76 Å². The summed E-state index contributed by atoms with van der Waals surface area (Å²) in [5, 5.41) is 3.02. The zero-order chi connectivity index (χ0) is 17.6. The first-order valence-electron chi connectivity index (χ1n) is 7.96. The minimum atomic E-state index is -3.60. The highest BCUT2D eigenvalue weighted by molar-refractivity contribution is 7.89. The Kier molecular flexibility index (Phi) is 4.01. The van der Waals surface area contributed by atoms with Gasteiger partial charge in [-0.2, -0.15) is 4.31 Å². The van der Waals surface area contributed by atoms with Gasteiger partial charge in [0.2, 0.25) is 10.0 Å². The molecule has 7 nitrogen and oxygen atoms in total. The van der Waals surface area contributed by atoms with Crippen LogP contribution in [0.2, 0.25) is 0 Å². The maximum absolute atomic E-state index is 12.9. The minimum absolute atomic E-state index is 0.155. The predicted molar refractivity (Wildman–Crippen MR) is 94.3 cm³/mol. The van der Waals surface area contributed by atoms with E-state index in [0.717, 1.165) is 17.8 Å². The molecule has 0 aliphatic carbocycles. The van der Waals surface area contributed by atoms with Gasteiger partial charge in [0, 0.05) is 43.7 Å². The van der Waals surface area contributed by atoms with Crippen LogP contribution in [0.5, 0.6) is 0 Å². The first kappa shape index (κ1) is 16.5. The number of piperidine rings is 1. The lowest BCUT2D eigenvalue weighted by Crippen LogP contribution is -2.37. The molecule has 1 saturated heterocycles. The Bertz CT molecular complexity index is 1060. The average Bonchev–Trinajstić information content (AvgIpc) is 3.24. The Balaban J connectivity index is 1.59. The molecule has 1 aromatic carbocycles. The minimum Gasteiger partial charge on any atom is -0.408 e. The highest BCUT2D eigenvalue weighted by Gasteiger charge is 2.31. The normalized spacial score (nSPS) is 17.3. The van der Waals surface area contributed by atoms with Crippen molar-refractivity contribution in [2.24, 2.45) is 7.05 Å². The van der Waals surface area contributed by atoms with Gasteiger partial charge in [-0.25, -0.2) is 18.2 Å². The van der Waals surface area contributed by atoms with Crippen LogP contribution in [0.25, 0.3) is 11.1 Å². The molecule has 0 amide bonds. The van der Waals surface area contributed by atoms with Crippen molar-refractivity contribution in [2.45, 2.75) is 23.7 Å². The van der Waals surface area contributed by atoms with Crippen molar-refractivity contribution in [3.05, 3.63) is 45.3 Å². The van der Waals surface area contributed by atoms with Crippen molar-refractivity contribution in [3.8, 4) is 0 Å². The van der Waals surface area contributed by atoms with E-state index in [4.69, 9.17) is 4.42 Å². The van der Waals surface area contributed by atoms with Crippen molar-refractivity contribution in [1.82, 2.24) is 13.9 Å². The molecule has 0 bridgehead atoms. The van der Waals surface area contributed by atoms with Gasteiger partial charge in [0.15, 0.2) is 5.58 Å². The second-order valence-electron chi connectivity index (χ2n) is 6.11. The molecule has 2 aromatic heterocycles.